The number of nitrogens with zero attached hydrogens (tertiary/aromatic N) is 2. The molecule has 0 unspecified atom stereocenters. The number of ether oxygens (including phenoxy) is 1. The molecule has 0 amide bonds. The zero-order valence-corrected chi connectivity index (χ0v) is 17.9. The molecule has 4 rings (SSSR count). The van der Waals surface area contributed by atoms with Crippen molar-refractivity contribution in [3.63, 3.8) is 0 Å². The Bertz CT molecular complexity index is 1110. The van der Waals surface area contributed by atoms with Gasteiger partial charge in [0, 0.05) is 16.9 Å². The van der Waals surface area contributed by atoms with Gasteiger partial charge in [0.05, 0.1) is 11.1 Å². The van der Waals surface area contributed by atoms with E-state index in [1.165, 1.54) is 4.88 Å². The molecule has 0 aromatic carbocycles. The van der Waals surface area contributed by atoms with Crippen LogP contribution in [0, 0.1) is 19.8 Å². The van der Waals surface area contributed by atoms with E-state index in [1.54, 1.807) is 18.3 Å². The summed E-state index contributed by atoms with van der Waals surface area (Å²) in [4.78, 5) is 34.5. The first-order chi connectivity index (χ1) is 13.8. The second-order valence-corrected chi connectivity index (χ2v) is 9.00. The minimum atomic E-state index is -0.623. The average molecular weight is 416 g/mol. The third-order valence-corrected chi connectivity index (χ3v) is 6.79. The Morgan fingerprint density at radius 2 is 2.21 bits per heavy atom. The molecule has 154 valence electrons. The van der Waals surface area contributed by atoms with Gasteiger partial charge in [0.15, 0.2) is 11.9 Å². The van der Waals surface area contributed by atoms with Crippen LogP contribution in [0.4, 0.5) is 0 Å². The van der Waals surface area contributed by atoms with Crippen molar-refractivity contribution in [2.45, 2.75) is 65.9 Å². The second kappa shape index (κ2) is 7.74. The van der Waals surface area contributed by atoms with Crippen LogP contribution in [0.2, 0.25) is 0 Å². The fourth-order valence-corrected chi connectivity index (χ4v) is 5.35. The van der Waals surface area contributed by atoms with Crippen LogP contribution in [0.1, 0.15) is 66.1 Å². The molecule has 0 saturated carbocycles. The lowest BCUT2D eigenvalue weighted by atomic mass is 9.89. The van der Waals surface area contributed by atoms with Gasteiger partial charge in [0.2, 0.25) is 0 Å². The van der Waals surface area contributed by atoms with Gasteiger partial charge in [-0.25, -0.2) is 4.98 Å². The van der Waals surface area contributed by atoms with Gasteiger partial charge in [-0.3, -0.25) is 9.59 Å². The van der Waals surface area contributed by atoms with Gasteiger partial charge in [-0.05, 0) is 57.9 Å². The number of fused-ring (bicyclic) bond motifs is 3. The van der Waals surface area contributed by atoms with E-state index in [0.29, 0.717) is 23.5 Å². The summed E-state index contributed by atoms with van der Waals surface area (Å²) in [5.74, 6) is 1.39. The number of aromatic amines is 1. The number of aryl methyl sites for hydroxylation is 3. The molecule has 3 aromatic rings. The molecule has 2 atom stereocenters. The highest BCUT2D eigenvalue weighted by Crippen LogP contribution is 2.36. The second-order valence-electron chi connectivity index (χ2n) is 7.92. The van der Waals surface area contributed by atoms with Crippen molar-refractivity contribution in [2.24, 2.45) is 5.92 Å². The van der Waals surface area contributed by atoms with Gasteiger partial charge in [-0.15, -0.1) is 11.3 Å². The quantitative estimate of drug-likeness (QED) is 0.634. The summed E-state index contributed by atoms with van der Waals surface area (Å²) in [5, 5.41) is 4.60. The van der Waals surface area contributed by atoms with Gasteiger partial charge in [0.25, 0.3) is 5.56 Å². The fraction of sp³-hybridized carbons (Fsp3) is 0.524. The molecule has 3 heterocycles. The first-order valence-corrected chi connectivity index (χ1v) is 10.8. The molecule has 0 bridgehead atoms. The van der Waals surface area contributed by atoms with Crippen LogP contribution in [0.25, 0.3) is 10.2 Å². The molecule has 0 spiro atoms. The first kappa shape index (κ1) is 19.8. The predicted octanol–water partition coefficient (Wildman–Crippen LogP) is 3.95. The van der Waals surface area contributed by atoms with Crippen LogP contribution >= 0.6 is 11.3 Å². The number of rotatable bonds is 5. The van der Waals surface area contributed by atoms with E-state index in [9.17, 15) is 9.59 Å². The normalized spacial score (nSPS) is 17.3. The Morgan fingerprint density at radius 3 is 2.93 bits per heavy atom. The van der Waals surface area contributed by atoms with Crippen molar-refractivity contribution in [2.75, 3.05) is 0 Å². The van der Waals surface area contributed by atoms with Crippen molar-refractivity contribution in [1.29, 1.82) is 0 Å². The zero-order chi connectivity index (χ0) is 20.7. The molecule has 0 aliphatic heterocycles. The smallest absolute Gasteiger partial charge is 0.306 e. The molecular formula is C21H25N3O4S. The summed E-state index contributed by atoms with van der Waals surface area (Å²) >= 11 is 1.59. The van der Waals surface area contributed by atoms with Crippen LogP contribution < -0.4 is 5.56 Å². The zero-order valence-electron chi connectivity index (χ0n) is 17.1. The van der Waals surface area contributed by atoms with E-state index >= 15 is 0 Å². The number of thiophene rings is 1. The van der Waals surface area contributed by atoms with E-state index in [2.05, 4.69) is 22.0 Å². The number of hydrogen-bond acceptors (Lipinski definition) is 7. The number of nitrogens with one attached hydrogen (secondary N) is 1. The molecule has 1 N–H and O–H groups in total. The summed E-state index contributed by atoms with van der Waals surface area (Å²) in [6, 6.07) is 0. The van der Waals surface area contributed by atoms with Crippen molar-refractivity contribution in [3.8, 4) is 0 Å². The summed E-state index contributed by atoms with van der Waals surface area (Å²) in [7, 11) is 0. The van der Waals surface area contributed by atoms with Gasteiger partial charge in [0.1, 0.15) is 10.6 Å². The largest absolute Gasteiger partial charge is 0.454 e. The van der Waals surface area contributed by atoms with E-state index in [4.69, 9.17) is 9.26 Å². The number of hydrogen-bond donors (Lipinski definition) is 1. The van der Waals surface area contributed by atoms with Crippen LogP contribution in [0.15, 0.2) is 9.32 Å². The SMILES string of the molecule is Cc1noc(C)c1CCC(=O)O[C@H](C)c1nc2sc3c(c2c(=O)[nH]1)CC[C@@H](C)C3. The fourth-order valence-electron chi connectivity index (χ4n) is 3.96. The van der Waals surface area contributed by atoms with Crippen LogP contribution in [0.3, 0.4) is 0 Å². The molecule has 29 heavy (non-hydrogen) atoms. The number of carbonyl (C=O) groups excluding carboxylic acids is 1. The maximum atomic E-state index is 12.7. The Balaban J connectivity index is 1.49. The summed E-state index contributed by atoms with van der Waals surface area (Å²) in [5.41, 5.74) is 2.72. The lowest BCUT2D eigenvalue weighted by molar-refractivity contribution is -0.148. The van der Waals surface area contributed by atoms with Crippen molar-refractivity contribution in [3.05, 3.63) is 43.6 Å². The lowest BCUT2D eigenvalue weighted by Crippen LogP contribution is -2.18. The molecule has 1 aliphatic carbocycles. The van der Waals surface area contributed by atoms with Crippen LogP contribution in [-0.2, 0) is 28.8 Å². The van der Waals surface area contributed by atoms with Crippen LogP contribution in [-0.4, -0.2) is 21.1 Å². The van der Waals surface area contributed by atoms with E-state index in [0.717, 1.165) is 46.7 Å². The molecule has 0 radical (unpaired) electrons. The predicted molar refractivity (Wildman–Crippen MR) is 110 cm³/mol. The molecule has 7 nitrogen and oxygen atoms in total. The highest BCUT2D eigenvalue weighted by Gasteiger charge is 2.24. The van der Waals surface area contributed by atoms with Gasteiger partial charge in [-0.2, -0.15) is 0 Å². The molecular weight excluding hydrogens is 390 g/mol. The van der Waals surface area contributed by atoms with Crippen molar-refractivity contribution < 1.29 is 14.1 Å². The average Bonchev–Trinajstić information content (AvgIpc) is 3.19. The molecule has 0 fully saturated rings. The van der Waals surface area contributed by atoms with E-state index in [-0.39, 0.29) is 17.9 Å². The summed E-state index contributed by atoms with van der Waals surface area (Å²) in [6.45, 7) is 7.65. The minimum Gasteiger partial charge on any atom is -0.454 e. The molecule has 8 heteroatoms. The Labute approximate surface area is 172 Å². The van der Waals surface area contributed by atoms with Gasteiger partial charge in [-0.1, -0.05) is 12.1 Å². The molecule has 3 aromatic heterocycles. The first-order valence-electron chi connectivity index (χ1n) is 9.99. The van der Waals surface area contributed by atoms with Gasteiger partial charge < -0.3 is 14.2 Å². The van der Waals surface area contributed by atoms with E-state index < -0.39 is 6.10 Å². The minimum absolute atomic E-state index is 0.143. The van der Waals surface area contributed by atoms with Crippen molar-refractivity contribution in [1.82, 2.24) is 15.1 Å². The highest BCUT2D eigenvalue weighted by atomic mass is 32.1. The summed E-state index contributed by atoms with van der Waals surface area (Å²) < 4.78 is 10.6. The highest BCUT2D eigenvalue weighted by molar-refractivity contribution is 7.18. The third kappa shape index (κ3) is 3.85. The maximum absolute atomic E-state index is 12.7. The lowest BCUT2D eigenvalue weighted by Gasteiger charge is -2.17. The van der Waals surface area contributed by atoms with E-state index in [1.807, 2.05) is 13.8 Å². The topological polar surface area (TPSA) is 98.1 Å². The standard InChI is InChI=1S/C21H25N3O4S/c1-10-5-6-15-16(9-10)29-21-18(15)20(26)22-19(23-21)13(4)27-17(25)8-7-14-11(2)24-28-12(14)3/h10,13H,5-9H2,1-4H3,(H,22,23,26)/t10-,13-/m1/s1. The molecule has 0 saturated heterocycles. The Morgan fingerprint density at radius 1 is 1.41 bits per heavy atom. The third-order valence-electron chi connectivity index (χ3n) is 5.64. The van der Waals surface area contributed by atoms with Crippen molar-refractivity contribution >= 4 is 27.5 Å². The number of esters is 1. The Hall–Kier alpha value is -2.48. The monoisotopic (exact) mass is 415 g/mol. The summed E-state index contributed by atoms with van der Waals surface area (Å²) in [6.07, 6.45) is 3.11. The number of H-pyrrole nitrogens is 1. The maximum Gasteiger partial charge on any atom is 0.306 e. The number of carbonyl (C=O) groups is 1. The molecule has 1 aliphatic rings. The van der Waals surface area contributed by atoms with Crippen LogP contribution in [0.5, 0.6) is 0 Å². The Kier molecular flexibility index (Phi) is 5.29. The number of aromatic nitrogens is 3. The van der Waals surface area contributed by atoms with Gasteiger partial charge >= 0.3 is 5.97 Å².